The molecule has 1 unspecified atom stereocenters. The number of esters is 1. The van der Waals surface area contributed by atoms with Gasteiger partial charge >= 0.3 is 5.97 Å². The molecule has 1 rings (SSSR count). The maximum atomic E-state index is 12.3. The van der Waals surface area contributed by atoms with Crippen LogP contribution in [-0.2, 0) is 10.2 Å². The largest absolute Gasteiger partial charge is 0.426 e. The van der Waals surface area contributed by atoms with E-state index >= 15 is 0 Å². The minimum absolute atomic E-state index is 0.0961. The molecule has 0 saturated heterocycles. The van der Waals surface area contributed by atoms with Crippen molar-refractivity contribution in [1.29, 1.82) is 0 Å². The van der Waals surface area contributed by atoms with Crippen molar-refractivity contribution in [2.24, 2.45) is 5.92 Å². The first-order valence-electron chi connectivity index (χ1n) is 12.8. The van der Waals surface area contributed by atoms with E-state index in [0.717, 1.165) is 32.1 Å². The maximum absolute atomic E-state index is 12.3. The van der Waals surface area contributed by atoms with Gasteiger partial charge < -0.3 is 4.74 Å². The topological polar surface area (TPSA) is 26.3 Å². The van der Waals surface area contributed by atoms with E-state index in [1.54, 1.807) is 0 Å². The van der Waals surface area contributed by atoms with Crippen LogP contribution in [-0.4, -0.2) is 5.97 Å². The molecular weight excluding hydrogens is 404 g/mol. The van der Waals surface area contributed by atoms with E-state index in [2.05, 4.69) is 76.3 Å². The molecule has 1 aromatic carbocycles. The molecule has 0 bridgehead atoms. The third-order valence-electron chi connectivity index (χ3n) is 5.57. The Labute approximate surface area is 203 Å². The average molecular weight is 451 g/mol. The number of benzene rings is 1. The van der Waals surface area contributed by atoms with Crippen molar-refractivity contribution in [3.8, 4) is 5.75 Å². The Morgan fingerprint density at radius 2 is 1.33 bits per heavy atom. The van der Waals surface area contributed by atoms with Crippen LogP contribution in [0.15, 0.2) is 72.9 Å². The molecule has 0 aliphatic carbocycles. The van der Waals surface area contributed by atoms with Gasteiger partial charge in [-0.25, -0.2) is 0 Å². The highest BCUT2D eigenvalue weighted by molar-refractivity contribution is 5.74. The SMILES string of the molecule is CCCCC/C=C\C/C=C\C/C=C\C/C=C\CCC(C)C(=O)Oc1ccc(C(C)(C)C)cc1. The molecule has 0 aromatic heterocycles. The Balaban J connectivity index is 2.15. The van der Waals surface area contributed by atoms with Crippen molar-refractivity contribution in [3.63, 3.8) is 0 Å². The summed E-state index contributed by atoms with van der Waals surface area (Å²) < 4.78 is 5.54. The van der Waals surface area contributed by atoms with Crippen molar-refractivity contribution in [2.75, 3.05) is 0 Å². The van der Waals surface area contributed by atoms with Crippen molar-refractivity contribution in [1.82, 2.24) is 0 Å². The highest BCUT2D eigenvalue weighted by atomic mass is 16.5. The quantitative estimate of drug-likeness (QED) is 0.115. The number of ether oxygens (including phenoxy) is 1. The monoisotopic (exact) mass is 450 g/mol. The van der Waals surface area contributed by atoms with Gasteiger partial charge in [0.1, 0.15) is 5.75 Å². The Morgan fingerprint density at radius 1 is 0.818 bits per heavy atom. The number of carbonyl (C=O) groups is 1. The first-order chi connectivity index (χ1) is 15.8. The van der Waals surface area contributed by atoms with Crippen LogP contribution in [0.2, 0.25) is 0 Å². The highest BCUT2D eigenvalue weighted by Gasteiger charge is 2.16. The maximum Gasteiger partial charge on any atom is 0.314 e. The molecule has 0 aliphatic rings. The lowest BCUT2D eigenvalue weighted by molar-refractivity contribution is -0.138. The lowest BCUT2D eigenvalue weighted by atomic mass is 9.87. The zero-order valence-corrected chi connectivity index (χ0v) is 21.7. The van der Waals surface area contributed by atoms with Gasteiger partial charge in [0.15, 0.2) is 0 Å². The second-order valence-electron chi connectivity index (χ2n) is 9.76. The summed E-state index contributed by atoms with van der Waals surface area (Å²) in [7, 11) is 0. The molecule has 0 radical (unpaired) electrons. The van der Waals surface area contributed by atoms with Crippen LogP contribution >= 0.6 is 0 Å². The molecule has 0 saturated carbocycles. The average Bonchev–Trinajstić information content (AvgIpc) is 2.78. The Bertz CT molecular complexity index is 757. The van der Waals surface area contributed by atoms with Crippen LogP contribution in [0.1, 0.15) is 98.0 Å². The first-order valence-corrected chi connectivity index (χ1v) is 12.8. The van der Waals surface area contributed by atoms with Crippen LogP contribution in [0.3, 0.4) is 0 Å². The van der Waals surface area contributed by atoms with E-state index in [1.807, 2.05) is 31.2 Å². The van der Waals surface area contributed by atoms with Gasteiger partial charge in [-0.15, -0.1) is 0 Å². The van der Waals surface area contributed by atoms with Crippen molar-refractivity contribution >= 4 is 5.97 Å². The summed E-state index contributed by atoms with van der Waals surface area (Å²) in [6.45, 7) is 10.7. The second-order valence-corrected chi connectivity index (χ2v) is 9.76. The van der Waals surface area contributed by atoms with E-state index in [9.17, 15) is 4.79 Å². The molecule has 1 aromatic rings. The van der Waals surface area contributed by atoms with Crippen LogP contribution in [0, 0.1) is 5.92 Å². The van der Waals surface area contributed by atoms with Crippen LogP contribution in [0.5, 0.6) is 5.75 Å². The van der Waals surface area contributed by atoms with Crippen molar-refractivity contribution in [3.05, 3.63) is 78.4 Å². The van der Waals surface area contributed by atoms with E-state index in [1.165, 1.54) is 31.2 Å². The predicted molar refractivity (Wildman–Crippen MR) is 144 cm³/mol. The number of hydrogen-bond acceptors (Lipinski definition) is 2. The summed E-state index contributed by atoms with van der Waals surface area (Å²) in [5.74, 6) is 0.352. The van der Waals surface area contributed by atoms with Gasteiger partial charge in [0.25, 0.3) is 0 Å². The van der Waals surface area contributed by atoms with Gasteiger partial charge in [-0.05, 0) is 68.1 Å². The van der Waals surface area contributed by atoms with Crippen LogP contribution < -0.4 is 4.74 Å². The van der Waals surface area contributed by atoms with Gasteiger partial charge in [-0.2, -0.15) is 0 Å². The fraction of sp³-hybridized carbons (Fsp3) is 0.516. The third-order valence-corrected chi connectivity index (χ3v) is 5.57. The minimum Gasteiger partial charge on any atom is -0.426 e. The van der Waals surface area contributed by atoms with E-state index in [-0.39, 0.29) is 17.3 Å². The first kappa shape index (κ1) is 28.7. The van der Waals surface area contributed by atoms with Gasteiger partial charge in [-0.3, -0.25) is 4.79 Å². The fourth-order valence-corrected chi connectivity index (χ4v) is 3.26. The lowest BCUT2D eigenvalue weighted by Crippen LogP contribution is -2.18. The van der Waals surface area contributed by atoms with Crippen molar-refractivity contribution < 1.29 is 9.53 Å². The summed E-state index contributed by atoms with van der Waals surface area (Å²) >= 11 is 0. The van der Waals surface area contributed by atoms with Gasteiger partial charge in [-0.1, -0.05) is 108 Å². The lowest BCUT2D eigenvalue weighted by Gasteiger charge is -2.19. The predicted octanol–water partition coefficient (Wildman–Crippen LogP) is 9.28. The summed E-state index contributed by atoms with van der Waals surface area (Å²) in [6, 6.07) is 7.84. The van der Waals surface area contributed by atoms with Gasteiger partial charge in [0.2, 0.25) is 0 Å². The third kappa shape index (κ3) is 14.4. The Morgan fingerprint density at radius 3 is 1.85 bits per heavy atom. The Hall–Kier alpha value is -2.35. The van der Waals surface area contributed by atoms with E-state index in [4.69, 9.17) is 4.74 Å². The molecule has 0 aliphatic heterocycles. The zero-order valence-electron chi connectivity index (χ0n) is 21.7. The molecule has 0 spiro atoms. The van der Waals surface area contributed by atoms with Crippen LogP contribution in [0.4, 0.5) is 0 Å². The minimum atomic E-state index is -0.158. The summed E-state index contributed by atoms with van der Waals surface area (Å²) in [4.78, 5) is 12.3. The normalized spacial score (nSPS) is 13.6. The standard InChI is InChI=1S/C31H46O2/c1-6-7-8-9-10-11-12-13-14-15-16-17-18-19-20-21-22-27(2)30(32)33-29-25-23-28(24-26-29)31(3,4)5/h10-11,13-14,16-17,19-20,23-27H,6-9,12,15,18,21-22H2,1-5H3/b11-10-,14-13-,17-16-,20-19-. The molecule has 2 heteroatoms. The second kappa shape index (κ2) is 17.2. The molecular formula is C31H46O2. The van der Waals surface area contributed by atoms with Gasteiger partial charge in [0.05, 0.1) is 5.92 Å². The van der Waals surface area contributed by atoms with Crippen molar-refractivity contribution in [2.45, 2.75) is 97.8 Å². The molecule has 1 atom stereocenters. The highest BCUT2D eigenvalue weighted by Crippen LogP contribution is 2.24. The summed E-state index contributed by atoms with van der Waals surface area (Å²) in [5, 5.41) is 0. The zero-order chi connectivity index (χ0) is 24.4. The Kier molecular flexibility index (Phi) is 14.9. The summed E-state index contributed by atoms with van der Waals surface area (Å²) in [5.41, 5.74) is 1.33. The number of carbonyl (C=O) groups excluding carboxylic acids is 1. The number of allylic oxidation sites excluding steroid dienone is 8. The molecule has 0 fully saturated rings. The smallest absolute Gasteiger partial charge is 0.314 e. The fourth-order valence-electron chi connectivity index (χ4n) is 3.26. The number of hydrogen-bond donors (Lipinski definition) is 0. The number of unbranched alkanes of at least 4 members (excludes halogenated alkanes) is 3. The molecule has 0 heterocycles. The molecule has 0 N–H and O–H groups in total. The number of rotatable bonds is 15. The summed E-state index contributed by atoms with van der Waals surface area (Å²) in [6.07, 6.45) is 27.5. The van der Waals surface area contributed by atoms with E-state index in [0.29, 0.717) is 5.75 Å². The van der Waals surface area contributed by atoms with E-state index < -0.39 is 0 Å². The molecule has 33 heavy (non-hydrogen) atoms. The van der Waals surface area contributed by atoms with Crippen LogP contribution in [0.25, 0.3) is 0 Å². The van der Waals surface area contributed by atoms with Gasteiger partial charge in [0, 0.05) is 0 Å². The molecule has 0 amide bonds. The molecule has 182 valence electrons. The molecule has 2 nitrogen and oxygen atoms in total.